The first-order valence-corrected chi connectivity index (χ1v) is 10.7. The standard InChI is InChI=1S/C24H18ClN5O2/c25-15-7-9-16(10-8-15)26-23-22-19(12-14(13-20(22)31)21-6-3-11-32-21)30(29-23)24-27-17-4-1-2-5-18(17)28-24/h1-11,14H,12-13H2,(H,26,29)(H,27,28). The molecule has 1 unspecified atom stereocenters. The number of imidazole rings is 1. The number of halogens is 1. The van der Waals surface area contributed by atoms with E-state index in [0.29, 0.717) is 35.2 Å². The maximum Gasteiger partial charge on any atom is 0.229 e. The second-order valence-corrected chi connectivity index (χ2v) is 8.27. The van der Waals surface area contributed by atoms with Gasteiger partial charge < -0.3 is 14.7 Å². The molecule has 8 heteroatoms. The molecule has 1 aliphatic carbocycles. The van der Waals surface area contributed by atoms with E-state index >= 15 is 0 Å². The summed E-state index contributed by atoms with van der Waals surface area (Å²) in [5.41, 5.74) is 3.93. The third kappa shape index (κ3) is 3.18. The molecule has 0 saturated heterocycles. The summed E-state index contributed by atoms with van der Waals surface area (Å²) in [5.74, 6) is 1.85. The van der Waals surface area contributed by atoms with Crippen molar-refractivity contribution < 1.29 is 9.21 Å². The van der Waals surface area contributed by atoms with E-state index in [0.717, 1.165) is 28.2 Å². The molecule has 0 amide bonds. The Morgan fingerprint density at radius 2 is 1.91 bits per heavy atom. The van der Waals surface area contributed by atoms with Crippen LogP contribution in [0.1, 0.15) is 34.2 Å². The maximum absolute atomic E-state index is 13.3. The first kappa shape index (κ1) is 18.9. The van der Waals surface area contributed by atoms with Gasteiger partial charge in [0.15, 0.2) is 11.6 Å². The van der Waals surface area contributed by atoms with Crippen LogP contribution in [0.2, 0.25) is 5.02 Å². The molecule has 3 aromatic heterocycles. The molecule has 158 valence electrons. The number of carbonyl (C=O) groups excluding carboxylic acids is 1. The lowest BCUT2D eigenvalue weighted by atomic mass is 9.85. The summed E-state index contributed by atoms with van der Waals surface area (Å²) < 4.78 is 7.35. The van der Waals surface area contributed by atoms with Crippen molar-refractivity contribution in [3.05, 3.63) is 89.0 Å². The zero-order valence-electron chi connectivity index (χ0n) is 16.9. The zero-order chi connectivity index (χ0) is 21.7. The number of rotatable bonds is 4. The number of aromatic amines is 1. The van der Waals surface area contributed by atoms with Gasteiger partial charge >= 0.3 is 0 Å². The van der Waals surface area contributed by atoms with Gasteiger partial charge in [-0.1, -0.05) is 23.7 Å². The average Bonchev–Trinajstić information content (AvgIpc) is 3.54. The molecule has 3 heterocycles. The minimum absolute atomic E-state index is 0.0199. The van der Waals surface area contributed by atoms with Crippen molar-refractivity contribution in [3.63, 3.8) is 0 Å². The predicted molar refractivity (Wildman–Crippen MR) is 122 cm³/mol. The molecule has 1 aliphatic rings. The number of H-pyrrole nitrogens is 1. The van der Waals surface area contributed by atoms with Crippen LogP contribution in [0, 0.1) is 0 Å². The predicted octanol–water partition coefficient (Wildman–Crippen LogP) is 5.65. The lowest BCUT2D eigenvalue weighted by Crippen LogP contribution is -2.20. The van der Waals surface area contributed by atoms with E-state index in [1.807, 2.05) is 48.5 Å². The molecule has 0 fully saturated rings. The number of aromatic nitrogens is 4. The lowest BCUT2D eigenvalue weighted by molar-refractivity contribution is 0.0960. The Morgan fingerprint density at radius 3 is 2.69 bits per heavy atom. The molecular weight excluding hydrogens is 426 g/mol. The van der Waals surface area contributed by atoms with Crippen LogP contribution in [0.4, 0.5) is 11.5 Å². The molecule has 7 nitrogen and oxygen atoms in total. The van der Waals surface area contributed by atoms with Crippen LogP contribution in [-0.2, 0) is 6.42 Å². The van der Waals surface area contributed by atoms with Gasteiger partial charge in [-0.2, -0.15) is 0 Å². The Bertz CT molecular complexity index is 1400. The molecule has 0 saturated carbocycles. The van der Waals surface area contributed by atoms with Gasteiger partial charge in [0, 0.05) is 29.5 Å². The Kier molecular flexibility index (Phi) is 4.36. The van der Waals surface area contributed by atoms with Crippen molar-refractivity contribution in [2.75, 3.05) is 5.32 Å². The Balaban J connectivity index is 1.49. The van der Waals surface area contributed by atoms with E-state index in [2.05, 4.69) is 10.3 Å². The molecular formula is C24H18ClN5O2. The van der Waals surface area contributed by atoms with Crippen LogP contribution in [0.25, 0.3) is 17.0 Å². The highest BCUT2D eigenvalue weighted by Gasteiger charge is 2.35. The molecule has 2 N–H and O–H groups in total. The summed E-state index contributed by atoms with van der Waals surface area (Å²) in [5, 5.41) is 8.70. The Hall–Kier alpha value is -3.84. The number of fused-ring (bicyclic) bond motifs is 2. The number of Topliss-reactive ketones (excluding diaryl/α,β-unsaturated/α-hetero) is 1. The zero-order valence-corrected chi connectivity index (χ0v) is 17.6. The van der Waals surface area contributed by atoms with Crippen molar-refractivity contribution in [1.29, 1.82) is 0 Å². The Morgan fingerprint density at radius 1 is 1.06 bits per heavy atom. The SMILES string of the molecule is O=C1CC(c2ccco2)Cc2c1c(Nc1ccc(Cl)cc1)nn2-c1nc2ccccc2[nH]1. The highest BCUT2D eigenvalue weighted by Crippen LogP contribution is 2.38. The van der Waals surface area contributed by atoms with E-state index in [9.17, 15) is 4.79 Å². The van der Waals surface area contributed by atoms with Crippen LogP contribution in [0.15, 0.2) is 71.3 Å². The van der Waals surface area contributed by atoms with E-state index < -0.39 is 0 Å². The van der Waals surface area contributed by atoms with Gasteiger partial charge in [0.2, 0.25) is 5.95 Å². The molecule has 0 spiro atoms. The van der Waals surface area contributed by atoms with E-state index in [-0.39, 0.29) is 11.7 Å². The fourth-order valence-electron chi connectivity index (χ4n) is 4.26. The summed E-state index contributed by atoms with van der Waals surface area (Å²) >= 11 is 6.02. The van der Waals surface area contributed by atoms with E-state index in [1.165, 1.54) is 0 Å². The van der Waals surface area contributed by atoms with Gasteiger partial charge in [-0.3, -0.25) is 4.79 Å². The van der Waals surface area contributed by atoms with Gasteiger partial charge in [0.05, 0.1) is 28.6 Å². The first-order chi connectivity index (χ1) is 15.7. The molecule has 6 rings (SSSR count). The third-order valence-corrected chi connectivity index (χ3v) is 6.01. The number of carbonyl (C=O) groups is 1. The minimum atomic E-state index is -0.0480. The highest BCUT2D eigenvalue weighted by atomic mass is 35.5. The minimum Gasteiger partial charge on any atom is -0.469 e. The van der Waals surface area contributed by atoms with Crippen LogP contribution in [-0.4, -0.2) is 25.5 Å². The van der Waals surface area contributed by atoms with Crippen molar-refractivity contribution in [2.45, 2.75) is 18.8 Å². The van der Waals surface area contributed by atoms with Crippen LogP contribution in [0.3, 0.4) is 0 Å². The van der Waals surface area contributed by atoms with E-state index in [4.69, 9.17) is 26.1 Å². The van der Waals surface area contributed by atoms with Crippen molar-refractivity contribution >= 4 is 39.9 Å². The van der Waals surface area contributed by atoms with Crippen molar-refractivity contribution in [1.82, 2.24) is 19.7 Å². The van der Waals surface area contributed by atoms with Crippen LogP contribution >= 0.6 is 11.6 Å². The molecule has 0 bridgehead atoms. The number of hydrogen-bond acceptors (Lipinski definition) is 5. The lowest BCUT2D eigenvalue weighted by Gasteiger charge is -2.20. The number of hydrogen-bond donors (Lipinski definition) is 2. The number of nitrogens with zero attached hydrogens (tertiary/aromatic N) is 3. The van der Waals surface area contributed by atoms with Gasteiger partial charge in [-0.25, -0.2) is 9.67 Å². The summed E-state index contributed by atoms with van der Waals surface area (Å²) in [6.45, 7) is 0. The summed E-state index contributed by atoms with van der Waals surface area (Å²) in [6.07, 6.45) is 2.61. The average molecular weight is 444 g/mol. The molecule has 0 radical (unpaired) electrons. The van der Waals surface area contributed by atoms with Crippen LogP contribution < -0.4 is 5.32 Å². The second-order valence-electron chi connectivity index (χ2n) is 7.84. The number of ketones is 1. The molecule has 2 aromatic carbocycles. The molecule has 5 aromatic rings. The molecule has 1 atom stereocenters. The van der Waals surface area contributed by atoms with Crippen molar-refractivity contribution in [3.8, 4) is 5.95 Å². The van der Waals surface area contributed by atoms with Crippen molar-refractivity contribution in [2.24, 2.45) is 0 Å². The fraction of sp³-hybridized carbons (Fsp3) is 0.125. The Labute approximate surface area is 188 Å². The topological polar surface area (TPSA) is 88.7 Å². The quantitative estimate of drug-likeness (QED) is 0.374. The fourth-order valence-corrected chi connectivity index (χ4v) is 4.39. The number of furan rings is 1. The third-order valence-electron chi connectivity index (χ3n) is 5.76. The smallest absolute Gasteiger partial charge is 0.229 e. The normalized spacial score (nSPS) is 15.8. The van der Waals surface area contributed by atoms with Gasteiger partial charge in [0.25, 0.3) is 0 Å². The summed E-state index contributed by atoms with van der Waals surface area (Å²) in [7, 11) is 0. The number of nitrogens with one attached hydrogen (secondary N) is 2. The van der Waals surface area contributed by atoms with E-state index in [1.54, 1.807) is 23.1 Å². The largest absolute Gasteiger partial charge is 0.469 e. The number of para-hydroxylation sites is 2. The second kappa shape index (κ2) is 7.39. The van der Waals surface area contributed by atoms with Gasteiger partial charge in [-0.05, 0) is 48.5 Å². The summed E-state index contributed by atoms with van der Waals surface area (Å²) in [6, 6.07) is 18.9. The molecule has 32 heavy (non-hydrogen) atoms. The highest BCUT2D eigenvalue weighted by molar-refractivity contribution is 6.30. The summed E-state index contributed by atoms with van der Waals surface area (Å²) in [4.78, 5) is 21.3. The maximum atomic E-state index is 13.3. The van der Waals surface area contributed by atoms with Crippen LogP contribution in [0.5, 0.6) is 0 Å². The van der Waals surface area contributed by atoms with Gasteiger partial charge in [0.1, 0.15) is 5.76 Å². The molecule has 0 aliphatic heterocycles. The van der Waals surface area contributed by atoms with Gasteiger partial charge in [-0.15, -0.1) is 5.10 Å². The number of benzene rings is 2. The monoisotopic (exact) mass is 443 g/mol. The number of anilines is 2. The first-order valence-electron chi connectivity index (χ1n) is 10.3.